The fraction of sp³-hybridized carbons (Fsp3) is 0.364. The maximum Gasteiger partial charge on any atom is 0.252 e. The predicted molar refractivity (Wildman–Crippen MR) is 75.1 cm³/mol. The van der Waals surface area contributed by atoms with Gasteiger partial charge < -0.3 is 10.6 Å². The summed E-state index contributed by atoms with van der Waals surface area (Å²) >= 11 is 1.97. The minimum atomic E-state index is -0.316. The first kappa shape index (κ1) is 14.7. The molecule has 94 valence electrons. The van der Waals surface area contributed by atoms with Gasteiger partial charge in [0.1, 0.15) is 5.82 Å². The molecule has 0 atom stereocenters. The van der Waals surface area contributed by atoms with Gasteiger partial charge in [-0.05, 0) is 40.8 Å². The van der Waals surface area contributed by atoms with Gasteiger partial charge in [0.25, 0.3) is 5.91 Å². The average molecular weight is 371 g/mol. The quantitative estimate of drug-likeness (QED) is 0.797. The molecule has 1 fully saturated rings. The molecule has 1 aromatic carbocycles. The summed E-state index contributed by atoms with van der Waals surface area (Å²) in [6.07, 6.45) is 0. The molecule has 1 saturated heterocycles. The van der Waals surface area contributed by atoms with Crippen LogP contribution in [0.15, 0.2) is 18.2 Å². The highest BCUT2D eigenvalue weighted by molar-refractivity contribution is 14.1. The lowest BCUT2D eigenvalue weighted by Gasteiger charge is -2.27. The Morgan fingerprint density at radius 3 is 2.76 bits per heavy atom. The highest BCUT2D eigenvalue weighted by Crippen LogP contribution is 2.14. The lowest BCUT2D eigenvalue weighted by Crippen LogP contribution is -2.48. The number of carbonyl (C=O) groups is 1. The van der Waals surface area contributed by atoms with Crippen LogP contribution in [0.2, 0.25) is 0 Å². The summed E-state index contributed by atoms with van der Waals surface area (Å²) in [5.74, 6) is 0.0857. The molecule has 1 heterocycles. The molecule has 6 heteroatoms. The largest absolute Gasteiger partial charge is 0.352 e. The summed E-state index contributed by atoms with van der Waals surface area (Å²) < 4.78 is 13.5. The molecule has 0 aromatic heterocycles. The van der Waals surface area contributed by atoms with Crippen molar-refractivity contribution in [3.63, 3.8) is 0 Å². The number of carbonyl (C=O) groups excluding carboxylic acids is 1. The fourth-order valence-electron chi connectivity index (χ4n) is 1.50. The van der Waals surface area contributed by atoms with Gasteiger partial charge in [-0.1, -0.05) is 0 Å². The number of hydrogen-bond donors (Lipinski definition) is 2. The molecular formula is C11H13ClFIN2O. The third-order valence-corrected chi connectivity index (χ3v) is 3.49. The van der Waals surface area contributed by atoms with E-state index in [-0.39, 0.29) is 24.1 Å². The van der Waals surface area contributed by atoms with Gasteiger partial charge in [-0.2, -0.15) is 0 Å². The SMILES string of the molecule is Cl.O=C(NCC1CNC1)c1ccc(F)cc1I. The Bertz CT molecular complexity index is 412. The second-order valence-electron chi connectivity index (χ2n) is 3.86. The minimum absolute atomic E-state index is 0. The van der Waals surface area contributed by atoms with E-state index in [1.165, 1.54) is 18.2 Å². The summed E-state index contributed by atoms with van der Waals surface area (Å²) in [5.41, 5.74) is 0.536. The highest BCUT2D eigenvalue weighted by Gasteiger charge is 2.18. The molecule has 1 aliphatic rings. The van der Waals surface area contributed by atoms with Crippen LogP contribution in [0.4, 0.5) is 4.39 Å². The third-order valence-electron chi connectivity index (χ3n) is 2.59. The lowest BCUT2D eigenvalue weighted by molar-refractivity contribution is 0.0941. The minimum Gasteiger partial charge on any atom is -0.352 e. The van der Waals surface area contributed by atoms with Gasteiger partial charge in [0, 0.05) is 29.1 Å². The van der Waals surface area contributed by atoms with E-state index in [0.29, 0.717) is 21.6 Å². The zero-order valence-electron chi connectivity index (χ0n) is 9.00. The summed E-state index contributed by atoms with van der Waals surface area (Å²) in [6.45, 7) is 2.60. The van der Waals surface area contributed by atoms with Crippen LogP contribution in [0.1, 0.15) is 10.4 Å². The number of hydrogen-bond acceptors (Lipinski definition) is 2. The zero-order chi connectivity index (χ0) is 11.5. The van der Waals surface area contributed by atoms with Crippen molar-refractivity contribution < 1.29 is 9.18 Å². The van der Waals surface area contributed by atoms with E-state index in [9.17, 15) is 9.18 Å². The molecule has 1 aromatic rings. The smallest absolute Gasteiger partial charge is 0.252 e. The van der Waals surface area contributed by atoms with Crippen molar-refractivity contribution in [2.24, 2.45) is 5.92 Å². The second-order valence-corrected chi connectivity index (χ2v) is 5.02. The summed E-state index contributed by atoms with van der Waals surface area (Å²) in [5, 5.41) is 6.00. The molecule has 2 rings (SSSR count). The first-order valence-corrected chi connectivity index (χ1v) is 6.18. The van der Waals surface area contributed by atoms with Crippen molar-refractivity contribution in [2.75, 3.05) is 19.6 Å². The van der Waals surface area contributed by atoms with Crippen molar-refractivity contribution in [3.8, 4) is 0 Å². The van der Waals surface area contributed by atoms with E-state index in [4.69, 9.17) is 0 Å². The molecule has 0 spiro atoms. The molecular weight excluding hydrogens is 357 g/mol. The van der Waals surface area contributed by atoms with E-state index in [0.717, 1.165) is 13.1 Å². The monoisotopic (exact) mass is 370 g/mol. The van der Waals surface area contributed by atoms with Gasteiger partial charge in [-0.15, -0.1) is 12.4 Å². The topological polar surface area (TPSA) is 41.1 Å². The van der Waals surface area contributed by atoms with Crippen LogP contribution in [-0.2, 0) is 0 Å². The Morgan fingerprint density at radius 2 is 2.24 bits per heavy atom. The first-order chi connectivity index (χ1) is 7.66. The van der Waals surface area contributed by atoms with Crippen LogP contribution in [0.5, 0.6) is 0 Å². The molecule has 0 bridgehead atoms. The lowest BCUT2D eigenvalue weighted by atomic mass is 10.0. The van der Waals surface area contributed by atoms with Crippen LogP contribution in [0.25, 0.3) is 0 Å². The van der Waals surface area contributed by atoms with E-state index in [1.807, 2.05) is 22.6 Å². The first-order valence-electron chi connectivity index (χ1n) is 5.11. The molecule has 3 nitrogen and oxygen atoms in total. The molecule has 0 radical (unpaired) electrons. The van der Waals surface area contributed by atoms with Crippen molar-refractivity contribution >= 4 is 40.9 Å². The number of benzene rings is 1. The maximum absolute atomic E-state index is 12.8. The molecule has 1 amide bonds. The predicted octanol–water partition coefficient (Wildman–Crippen LogP) is 1.80. The number of halogens is 3. The maximum atomic E-state index is 12.8. The molecule has 0 aliphatic carbocycles. The number of amides is 1. The molecule has 0 unspecified atom stereocenters. The third kappa shape index (κ3) is 3.79. The Labute approximate surface area is 119 Å². The second kappa shape index (κ2) is 6.51. The number of nitrogens with one attached hydrogen (secondary N) is 2. The molecule has 0 saturated carbocycles. The van der Waals surface area contributed by atoms with Crippen LogP contribution in [0, 0.1) is 15.3 Å². The molecule has 17 heavy (non-hydrogen) atoms. The van der Waals surface area contributed by atoms with Gasteiger partial charge >= 0.3 is 0 Å². The standard InChI is InChI=1S/C11H12FIN2O.ClH/c12-8-1-2-9(10(13)3-8)11(16)15-6-7-4-14-5-7;/h1-3,7,14H,4-6H2,(H,15,16);1H. The van der Waals surface area contributed by atoms with E-state index >= 15 is 0 Å². The Balaban J connectivity index is 0.00000144. The van der Waals surface area contributed by atoms with Gasteiger partial charge in [0.05, 0.1) is 5.56 Å². The van der Waals surface area contributed by atoms with Gasteiger partial charge in [0.15, 0.2) is 0 Å². The van der Waals surface area contributed by atoms with Crippen LogP contribution < -0.4 is 10.6 Å². The van der Waals surface area contributed by atoms with E-state index < -0.39 is 0 Å². The summed E-state index contributed by atoms with van der Waals surface area (Å²) in [6, 6.07) is 4.19. The zero-order valence-corrected chi connectivity index (χ0v) is 12.0. The Hall–Kier alpha value is -0.400. The van der Waals surface area contributed by atoms with Crippen LogP contribution >= 0.6 is 35.0 Å². The van der Waals surface area contributed by atoms with Crippen LogP contribution in [-0.4, -0.2) is 25.5 Å². The van der Waals surface area contributed by atoms with Gasteiger partial charge in [-0.3, -0.25) is 4.79 Å². The molecule has 1 aliphatic heterocycles. The van der Waals surface area contributed by atoms with Gasteiger partial charge in [-0.25, -0.2) is 4.39 Å². The van der Waals surface area contributed by atoms with Crippen molar-refractivity contribution in [3.05, 3.63) is 33.1 Å². The summed E-state index contributed by atoms with van der Waals surface area (Å²) in [7, 11) is 0. The number of rotatable bonds is 3. The van der Waals surface area contributed by atoms with E-state index in [2.05, 4.69) is 10.6 Å². The fourth-order valence-corrected chi connectivity index (χ4v) is 2.22. The molecule has 2 N–H and O–H groups in total. The van der Waals surface area contributed by atoms with E-state index in [1.54, 1.807) is 0 Å². The normalized spacial score (nSPS) is 14.7. The van der Waals surface area contributed by atoms with Crippen LogP contribution in [0.3, 0.4) is 0 Å². The Morgan fingerprint density at radius 1 is 1.53 bits per heavy atom. The van der Waals surface area contributed by atoms with Crippen molar-refractivity contribution in [1.82, 2.24) is 10.6 Å². The van der Waals surface area contributed by atoms with Crippen molar-refractivity contribution in [1.29, 1.82) is 0 Å². The average Bonchev–Trinajstić information content (AvgIpc) is 2.14. The van der Waals surface area contributed by atoms with Gasteiger partial charge in [0.2, 0.25) is 0 Å². The highest BCUT2D eigenvalue weighted by atomic mass is 127. The summed E-state index contributed by atoms with van der Waals surface area (Å²) in [4.78, 5) is 11.8. The Kier molecular flexibility index (Phi) is 5.61. The van der Waals surface area contributed by atoms with Crippen molar-refractivity contribution in [2.45, 2.75) is 0 Å².